The number of nitrogens with zero attached hydrogens (tertiary/aromatic N) is 2. The van der Waals surface area contributed by atoms with Gasteiger partial charge in [-0.25, -0.2) is 9.37 Å². The molecular formula is C34H43ClFN5O2. The molecule has 5 rings (SSSR count). The number of rotatable bonds is 12. The molecule has 7 nitrogen and oxygen atoms in total. The average molecular weight is 608 g/mol. The molecule has 0 saturated heterocycles. The number of oxazole rings is 1. The van der Waals surface area contributed by atoms with Crippen LogP contribution in [0.15, 0.2) is 65.4 Å². The van der Waals surface area contributed by atoms with Crippen molar-refractivity contribution in [3.05, 3.63) is 88.7 Å². The van der Waals surface area contributed by atoms with Crippen LogP contribution in [-0.4, -0.2) is 34.7 Å². The maximum absolute atomic E-state index is 13.7. The Morgan fingerprint density at radius 2 is 1.91 bits per heavy atom. The Bertz CT molecular complexity index is 1420. The lowest BCUT2D eigenvalue weighted by Gasteiger charge is -2.36. The fourth-order valence-electron chi connectivity index (χ4n) is 6.01. The van der Waals surface area contributed by atoms with Gasteiger partial charge in [0.15, 0.2) is 0 Å². The van der Waals surface area contributed by atoms with Crippen LogP contribution in [0.25, 0.3) is 5.57 Å². The van der Waals surface area contributed by atoms with Crippen molar-refractivity contribution < 1.29 is 13.5 Å². The third-order valence-corrected chi connectivity index (χ3v) is 9.08. The standard InChI is InChI=1S/C34H43ClFN5O2/c1-4-34(3)18-24(9-7-11-31(34)37-19-23-8-6-10-25(36)16-23)29-17-32(38-20-30(29)35)39-26-12-14-27(15-13-26)40-33-41-28(22-43-33)21-42-5-2/h6-11,16-17,20,22,26-27,31,37H,4-5,12-15,18-19,21H2,1-3H3,(H,38,39)(H,40,41). The van der Waals surface area contributed by atoms with Gasteiger partial charge < -0.3 is 25.1 Å². The highest BCUT2D eigenvalue weighted by Gasteiger charge is 2.33. The van der Waals surface area contributed by atoms with E-state index in [1.807, 2.05) is 13.0 Å². The van der Waals surface area contributed by atoms with Crippen molar-refractivity contribution in [1.82, 2.24) is 15.3 Å². The molecule has 43 heavy (non-hydrogen) atoms. The quantitative estimate of drug-likeness (QED) is 0.192. The second kappa shape index (κ2) is 14.5. The van der Waals surface area contributed by atoms with Crippen molar-refractivity contribution in [3.8, 4) is 0 Å². The number of benzene rings is 1. The van der Waals surface area contributed by atoms with E-state index in [0.717, 1.165) is 61.2 Å². The molecule has 0 spiro atoms. The van der Waals surface area contributed by atoms with E-state index < -0.39 is 0 Å². The average Bonchev–Trinajstić information content (AvgIpc) is 3.38. The van der Waals surface area contributed by atoms with Gasteiger partial charge in [-0.05, 0) is 80.2 Å². The molecule has 2 unspecified atom stereocenters. The molecule has 0 bridgehead atoms. The van der Waals surface area contributed by atoms with E-state index >= 15 is 0 Å². The number of allylic oxidation sites excluding steroid dienone is 3. The molecule has 2 aliphatic carbocycles. The number of halogens is 2. The Kier molecular flexibility index (Phi) is 10.5. The van der Waals surface area contributed by atoms with Gasteiger partial charge in [0.1, 0.15) is 23.6 Å². The van der Waals surface area contributed by atoms with Gasteiger partial charge in [-0.15, -0.1) is 0 Å². The van der Waals surface area contributed by atoms with Gasteiger partial charge in [-0.2, -0.15) is 4.98 Å². The van der Waals surface area contributed by atoms with Gasteiger partial charge in [-0.3, -0.25) is 0 Å². The first kappa shape index (κ1) is 31.2. The Morgan fingerprint density at radius 3 is 2.65 bits per heavy atom. The summed E-state index contributed by atoms with van der Waals surface area (Å²) in [6, 6.07) is 10.2. The molecule has 1 saturated carbocycles. The van der Waals surface area contributed by atoms with Crippen LogP contribution in [0.3, 0.4) is 0 Å². The van der Waals surface area contributed by atoms with Crippen LogP contribution < -0.4 is 16.0 Å². The van der Waals surface area contributed by atoms with Crippen molar-refractivity contribution in [2.75, 3.05) is 17.2 Å². The fraction of sp³-hybridized carbons (Fsp3) is 0.471. The van der Waals surface area contributed by atoms with Crippen molar-refractivity contribution in [2.24, 2.45) is 5.41 Å². The second-order valence-corrected chi connectivity index (χ2v) is 12.3. The minimum Gasteiger partial charge on any atom is -0.432 e. The molecule has 1 aromatic carbocycles. The molecule has 2 aliphatic rings. The predicted molar refractivity (Wildman–Crippen MR) is 172 cm³/mol. The maximum Gasteiger partial charge on any atom is 0.295 e. The number of ether oxygens (including phenoxy) is 1. The Balaban J connectivity index is 1.18. The van der Waals surface area contributed by atoms with Crippen LogP contribution in [-0.2, 0) is 17.9 Å². The lowest BCUT2D eigenvalue weighted by Crippen LogP contribution is -2.41. The van der Waals surface area contributed by atoms with Gasteiger partial charge in [0.2, 0.25) is 0 Å². The lowest BCUT2D eigenvalue weighted by atomic mass is 9.74. The molecule has 2 aromatic heterocycles. The number of aromatic nitrogens is 2. The first-order chi connectivity index (χ1) is 20.8. The Hall–Kier alpha value is -3.20. The summed E-state index contributed by atoms with van der Waals surface area (Å²) in [5.41, 5.74) is 3.89. The topological polar surface area (TPSA) is 84.2 Å². The number of hydrogen-bond donors (Lipinski definition) is 3. The largest absolute Gasteiger partial charge is 0.432 e. The van der Waals surface area contributed by atoms with Crippen LogP contribution >= 0.6 is 11.6 Å². The number of hydrogen-bond acceptors (Lipinski definition) is 7. The summed E-state index contributed by atoms with van der Waals surface area (Å²) in [7, 11) is 0. The number of pyridine rings is 1. The molecule has 2 atom stereocenters. The van der Waals surface area contributed by atoms with Gasteiger partial charge >= 0.3 is 0 Å². The molecule has 0 aliphatic heterocycles. The highest BCUT2D eigenvalue weighted by Crippen LogP contribution is 2.41. The molecule has 230 valence electrons. The summed E-state index contributed by atoms with van der Waals surface area (Å²) in [6.45, 7) is 8.22. The van der Waals surface area contributed by atoms with Crippen molar-refractivity contribution >= 4 is 29.0 Å². The van der Waals surface area contributed by atoms with E-state index in [0.29, 0.717) is 42.9 Å². The molecule has 3 aromatic rings. The van der Waals surface area contributed by atoms with E-state index in [1.165, 1.54) is 11.6 Å². The van der Waals surface area contributed by atoms with E-state index in [4.69, 9.17) is 20.8 Å². The lowest BCUT2D eigenvalue weighted by molar-refractivity contribution is 0.131. The number of anilines is 2. The highest BCUT2D eigenvalue weighted by atomic mass is 35.5. The van der Waals surface area contributed by atoms with E-state index in [1.54, 1.807) is 24.6 Å². The Morgan fingerprint density at radius 1 is 1.12 bits per heavy atom. The molecule has 9 heteroatoms. The molecular weight excluding hydrogens is 565 g/mol. The molecule has 0 amide bonds. The summed E-state index contributed by atoms with van der Waals surface area (Å²) < 4.78 is 24.7. The van der Waals surface area contributed by atoms with Gasteiger partial charge in [0.25, 0.3) is 6.01 Å². The zero-order valence-corrected chi connectivity index (χ0v) is 26.1. The summed E-state index contributed by atoms with van der Waals surface area (Å²) in [4.78, 5) is 9.10. The summed E-state index contributed by atoms with van der Waals surface area (Å²) in [5.74, 6) is 0.634. The smallest absolute Gasteiger partial charge is 0.295 e. The SMILES string of the molecule is CCOCc1coc(NC2CCC(Nc3cc(C4=CC=CC(NCc5cccc(F)c5)C(C)(CC)C4)c(Cl)cn3)CC2)n1. The van der Waals surface area contributed by atoms with Crippen LogP contribution in [0.1, 0.15) is 76.1 Å². The first-order valence-electron chi connectivity index (χ1n) is 15.4. The monoisotopic (exact) mass is 607 g/mol. The summed E-state index contributed by atoms with van der Waals surface area (Å²) >= 11 is 6.74. The minimum absolute atomic E-state index is 0.0512. The van der Waals surface area contributed by atoms with Gasteiger partial charge in [0.05, 0.1) is 11.6 Å². The van der Waals surface area contributed by atoms with E-state index in [-0.39, 0.29) is 17.3 Å². The zero-order valence-electron chi connectivity index (χ0n) is 25.3. The summed E-state index contributed by atoms with van der Waals surface area (Å²) in [6.07, 6.45) is 15.8. The fourth-order valence-corrected chi connectivity index (χ4v) is 6.24. The van der Waals surface area contributed by atoms with Gasteiger partial charge in [0, 0.05) is 43.0 Å². The summed E-state index contributed by atoms with van der Waals surface area (Å²) in [5, 5.41) is 11.4. The van der Waals surface area contributed by atoms with Crippen LogP contribution in [0.4, 0.5) is 16.2 Å². The third kappa shape index (κ3) is 8.25. The maximum atomic E-state index is 13.7. The molecule has 0 radical (unpaired) electrons. The van der Waals surface area contributed by atoms with Crippen LogP contribution in [0.2, 0.25) is 5.02 Å². The molecule has 2 heterocycles. The predicted octanol–water partition coefficient (Wildman–Crippen LogP) is 8.15. The first-order valence-corrected chi connectivity index (χ1v) is 15.8. The van der Waals surface area contributed by atoms with Crippen LogP contribution in [0.5, 0.6) is 0 Å². The van der Waals surface area contributed by atoms with Crippen LogP contribution in [0, 0.1) is 11.2 Å². The third-order valence-electron chi connectivity index (χ3n) is 8.78. The van der Waals surface area contributed by atoms with E-state index in [9.17, 15) is 4.39 Å². The highest BCUT2D eigenvalue weighted by molar-refractivity contribution is 6.32. The second-order valence-electron chi connectivity index (χ2n) is 11.9. The zero-order chi connectivity index (χ0) is 30.2. The van der Waals surface area contributed by atoms with Crippen molar-refractivity contribution in [3.63, 3.8) is 0 Å². The van der Waals surface area contributed by atoms with E-state index in [2.05, 4.69) is 64.1 Å². The Labute approximate surface area is 259 Å². The molecule has 1 fully saturated rings. The normalized spacial score (nSPS) is 23.9. The van der Waals surface area contributed by atoms with Crippen molar-refractivity contribution in [2.45, 2.75) is 90.6 Å². The van der Waals surface area contributed by atoms with Gasteiger partial charge in [-0.1, -0.05) is 55.8 Å². The van der Waals surface area contributed by atoms with Crippen molar-refractivity contribution in [1.29, 1.82) is 0 Å². The number of nitrogens with one attached hydrogen (secondary N) is 3. The molecule has 3 N–H and O–H groups in total. The minimum atomic E-state index is -0.210.